The van der Waals surface area contributed by atoms with E-state index in [0.717, 1.165) is 103 Å². The zero-order chi connectivity index (χ0) is 34.8. The SMILES string of the molecule is CCCCN(C(=O)CCCCCCCCC(=O)N(CCCC)C1CC(C)(C)N(OC)C(C)(C)C1)C1CC(C)(C)N(OC)C(C)(C)C1. The standard InChI is InChI=1S/C38H74N4O4/c1-13-15-25-39(31-27-35(3,4)41(45-11)36(5,6)28-31)33(43)23-21-19-17-18-20-22-24-34(44)40(26-16-14-2)32-29-37(7,8)42(46-12)38(9,10)30-32/h31-32H,13-30H2,1-12H3. The summed E-state index contributed by atoms with van der Waals surface area (Å²) < 4.78 is 0. The molecule has 0 aliphatic carbocycles. The maximum atomic E-state index is 13.5. The van der Waals surface area contributed by atoms with Crippen molar-refractivity contribution in [2.24, 2.45) is 0 Å². The Hall–Kier alpha value is -1.22. The van der Waals surface area contributed by atoms with Crippen LogP contribution in [-0.4, -0.2) is 93.3 Å². The van der Waals surface area contributed by atoms with E-state index in [0.29, 0.717) is 24.7 Å². The van der Waals surface area contributed by atoms with Gasteiger partial charge in [-0.15, -0.1) is 0 Å². The van der Waals surface area contributed by atoms with Crippen LogP contribution in [0.5, 0.6) is 0 Å². The van der Waals surface area contributed by atoms with Gasteiger partial charge in [0.2, 0.25) is 11.8 Å². The van der Waals surface area contributed by atoms with Gasteiger partial charge in [-0.3, -0.25) is 9.59 Å². The Balaban J connectivity index is 1.81. The average Bonchev–Trinajstić information content (AvgIpc) is 2.92. The van der Waals surface area contributed by atoms with Gasteiger partial charge in [0.05, 0.1) is 14.2 Å². The van der Waals surface area contributed by atoms with Crippen molar-refractivity contribution in [3.8, 4) is 0 Å². The molecule has 2 aliphatic rings. The summed E-state index contributed by atoms with van der Waals surface area (Å²) in [5.74, 6) is 0.632. The van der Waals surface area contributed by atoms with Crippen LogP contribution in [0.4, 0.5) is 0 Å². The number of unbranched alkanes of at least 4 members (excludes halogenated alkanes) is 7. The van der Waals surface area contributed by atoms with E-state index in [4.69, 9.17) is 9.68 Å². The van der Waals surface area contributed by atoms with E-state index in [1.165, 1.54) is 0 Å². The highest BCUT2D eigenvalue weighted by Gasteiger charge is 2.49. The summed E-state index contributed by atoms with van der Waals surface area (Å²) in [4.78, 5) is 43.1. The first kappa shape index (κ1) is 41.0. The number of nitrogens with zero attached hydrogens (tertiary/aromatic N) is 4. The summed E-state index contributed by atoms with van der Waals surface area (Å²) in [6, 6.07) is 0.490. The average molecular weight is 651 g/mol. The lowest BCUT2D eigenvalue weighted by atomic mass is 9.78. The minimum Gasteiger partial charge on any atom is -0.340 e. The quantitative estimate of drug-likeness (QED) is 0.131. The second kappa shape index (κ2) is 18.0. The van der Waals surface area contributed by atoms with Crippen LogP contribution >= 0.6 is 0 Å². The molecule has 0 saturated carbocycles. The fourth-order valence-corrected chi connectivity index (χ4v) is 9.08. The first-order valence-electron chi connectivity index (χ1n) is 18.7. The lowest BCUT2D eigenvalue weighted by molar-refractivity contribution is -0.272. The molecule has 2 aliphatic heterocycles. The van der Waals surface area contributed by atoms with Gasteiger partial charge in [-0.05, 0) is 107 Å². The molecule has 2 saturated heterocycles. The van der Waals surface area contributed by atoms with E-state index >= 15 is 0 Å². The van der Waals surface area contributed by atoms with E-state index in [1.807, 2.05) is 0 Å². The topological polar surface area (TPSA) is 65.6 Å². The van der Waals surface area contributed by atoms with E-state index in [2.05, 4.69) is 89.2 Å². The molecule has 2 fully saturated rings. The van der Waals surface area contributed by atoms with Crippen LogP contribution in [0.15, 0.2) is 0 Å². The van der Waals surface area contributed by atoms with Crippen LogP contribution in [0.2, 0.25) is 0 Å². The summed E-state index contributed by atoms with van der Waals surface area (Å²) in [5.41, 5.74) is -0.519. The maximum absolute atomic E-state index is 13.5. The molecule has 0 aromatic carbocycles. The van der Waals surface area contributed by atoms with Crippen LogP contribution in [0.3, 0.4) is 0 Å². The van der Waals surface area contributed by atoms with Crippen molar-refractivity contribution < 1.29 is 19.3 Å². The summed E-state index contributed by atoms with van der Waals surface area (Å²) in [6.07, 6.45) is 15.5. The van der Waals surface area contributed by atoms with Crippen LogP contribution in [0.1, 0.15) is 172 Å². The molecule has 270 valence electrons. The molecule has 0 spiro atoms. The third kappa shape index (κ3) is 11.2. The van der Waals surface area contributed by atoms with Gasteiger partial charge in [0.15, 0.2) is 0 Å². The number of rotatable bonds is 19. The molecule has 0 aromatic heterocycles. The van der Waals surface area contributed by atoms with Crippen molar-refractivity contribution in [2.45, 2.75) is 206 Å². The number of amides is 2. The van der Waals surface area contributed by atoms with Crippen molar-refractivity contribution in [3.05, 3.63) is 0 Å². The highest BCUT2D eigenvalue weighted by atomic mass is 16.7. The molecular formula is C38H74N4O4. The Morgan fingerprint density at radius 3 is 1.09 bits per heavy atom. The van der Waals surface area contributed by atoms with Crippen LogP contribution in [0, 0.1) is 0 Å². The molecule has 0 atom stereocenters. The Morgan fingerprint density at radius 1 is 0.543 bits per heavy atom. The monoisotopic (exact) mass is 651 g/mol. The van der Waals surface area contributed by atoms with Crippen molar-refractivity contribution in [3.63, 3.8) is 0 Å². The van der Waals surface area contributed by atoms with E-state index in [-0.39, 0.29) is 34.2 Å². The summed E-state index contributed by atoms with van der Waals surface area (Å²) in [6.45, 7) is 24.0. The number of hydroxylamine groups is 4. The predicted octanol–water partition coefficient (Wildman–Crippen LogP) is 8.53. The molecule has 0 unspecified atom stereocenters. The summed E-state index contributed by atoms with van der Waals surface area (Å²) in [7, 11) is 3.53. The van der Waals surface area contributed by atoms with Gasteiger partial charge in [-0.1, -0.05) is 52.4 Å². The maximum Gasteiger partial charge on any atom is 0.222 e. The Labute approximate surface area is 284 Å². The molecule has 2 rings (SSSR count). The van der Waals surface area contributed by atoms with E-state index < -0.39 is 0 Å². The molecule has 0 N–H and O–H groups in total. The molecule has 0 bridgehead atoms. The molecule has 8 heteroatoms. The Bertz CT molecular complexity index is 824. The lowest BCUT2D eigenvalue weighted by Gasteiger charge is -2.55. The molecule has 2 amide bonds. The molecular weight excluding hydrogens is 576 g/mol. The van der Waals surface area contributed by atoms with Crippen molar-refractivity contribution in [1.29, 1.82) is 0 Å². The third-order valence-corrected chi connectivity index (χ3v) is 10.6. The lowest BCUT2D eigenvalue weighted by Crippen LogP contribution is -2.64. The number of carbonyl (C=O) groups is 2. The smallest absolute Gasteiger partial charge is 0.222 e. The van der Waals surface area contributed by atoms with Gasteiger partial charge >= 0.3 is 0 Å². The predicted molar refractivity (Wildman–Crippen MR) is 190 cm³/mol. The zero-order valence-corrected chi connectivity index (χ0v) is 32.3. The summed E-state index contributed by atoms with van der Waals surface area (Å²) in [5, 5.41) is 4.25. The normalized spacial score (nSPS) is 21.7. The van der Waals surface area contributed by atoms with E-state index in [1.54, 1.807) is 14.2 Å². The molecule has 2 heterocycles. The van der Waals surface area contributed by atoms with Crippen LogP contribution in [0.25, 0.3) is 0 Å². The van der Waals surface area contributed by atoms with Gasteiger partial charge in [-0.2, -0.15) is 10.1 Å². The van der Waals surface area contributed by atoms with E-state index in [9.17, 15) is 9.59 Å². The number of hydrogen-bond donors (Lipinski definition) is 0. The first-order chi connectivity index (χ1) is 21.5. The van der Waals surface area contributed by atoms with Crippen LogP contribution in [-0.2, 0) is 19.3 Å². The zero-order valence-electron chi connectivity index (χ0n) is 32.3. The Kier molecular flexibility index (Phi) is 16.0. The van der Waals surface area contributed by atoms with Gasteiger partial charge in [-0.25, -0.2) is 0 Å². The Morgan fingerprint density at radius 2 is 0.826 bits per heavy atom. The second-order valence-corrected chi connectivity index (χ2v) is 16.8. The number of piperidine rings is 2. The highest BCUT2D eigenvalue weighted by molar-refractivity contribution is 5.77. The third-order valence-electron chi connectivity index (χ3n) is 10.6. The van der Waals surface area contributed by atoms with Gasteiger partial charge in [0.25, 0.3) is 0 Å². The summed E-state index contributed by atoms with van der Waals surface area (Å²) >= 11 is 0. The van der Waals surface area contributed by atoms with Crippen molar-refractivity contribution >= 4 is 11.8 Å². The fraction of sp³-hybridized carbons (Fsp3) is 0.947. The fourth-order valence-electron chi connectivity index (χ4n) is 9.08. The largest absolute Gasteiger partial charge is 0.340 e. The van der Waals surface area contributed by atoms with Crippen LogP contribution < -0.4 is 0 Å². The van der Waals surface area contributed by atoms with Gasteiger partial charge in [0, 0.05) is 60.2 Å². The minimum atomic E-state index is -0.130. The first-order valence-corrected chi connectivity index (χ1v) is 18.7. The molecule has 0 aromatic rings. The molecule has 0 radical (unpaired) electrons. The minimum absolute atomic E-state index is 0.130. The van der Waals surface area contributed by atoms with Gasteiger partial charge < -0.3 is 19.5 Å². The van der Waals surface area contributed by atoms with Crippen molar-refractivity contribution in [1.82, 2.24) is 19.9 Å². The highest BCUT2D eigenvalue weighted by Crippen LogP contribution is 2.42. The van der Waals surface area contributed by atoms with Gasteiger partial charge in [0.1, 0.15) is 0 Å². The van der Waals surface area contributed by atoms with Crippen molar-refractivity contribution in [2.75, 3.05) is 27.3 Å². The number of carbonyl (C=O) groups excluding carboxylic acids is 2. The molecule has 46 heavy (non-hydrogen) atoms. The number of hydrogen-bond acceptors (Lipinski definition) is 6. The molecule has 8 nitrogen and oxygen atoms in total. The second-order valence-electron chi connectivity index (χ2n) is 16.8.